The van der Waals surface area contributed by atoms with Crippen molar-refractivity contribution in [3.8, 4) is 5.75 Å². The molecule has 0 radical (unpaired) electrons. The Labute approximate surface area is 155 Å². The molecule has 0 aromatic heterocycles. The lowest BCUT2D eigenvalue weighted by atomic mass is 9.87. The Bertz CT molecular complexity index is 663. The Balaban J connectivity index is 1.57. The van der Waals surface area contributed by atoms with Crippen LogP contribution in [0.15, 0.2) is 27.6 Å². The lowest BCUT2D eigenvalue weighted by Crippen LogP contribution is -2.10. The van der Waals surface area contributed by atoms with Crippen LogP contribution in [0, 0.1) is 5.92 Å². The lowest BCUT2D eigenvalue weighted by molar-refractivity contribution is -0.119. The predicted octanol–water partition coefficient (Wildman–Crippen LogP) is 5.37. The van der Waals surface area contributed by atoms with Crippen LogP contribution in [0.25, 0.3) is 6.08 Å². The Morgan fingerprint density at radius 3 is 2.67 bits per heavy atom. The molecule has 0 unspecified atom stereocenters. The van der Waals surface area contributed by atoms with Crippen LogP contribution in [0.4, 0.5) is 0 Å². The van der Waals surface area contributed by atoms with Gasteiger partial charge in [0.05, 0.1) is 22.4 Å². The van der Waals surface area contributed by atoms with Gasteiger partial charge in [0.2, 0.25) is 5.12 Å². The lowest BCUT2D eigenvalue weighted by Gasteiger charge is -2.21. The second-order valence-corrected chi connectivity index (χ2v) is 8.37. The molecule has 1 aliphatic heterocycles. The quantitative estimate of drug-likeness (QED) is 0.484. The number of ether oxygens (including phenoxy) is 1. The van der Waals surface area contributed by atoms with Crippen LogP contribution in [-0.4, -0.2) is 17.5 Å². The van der Waals surface area contributed by atoms with Crippen LogP contribution >= 0.6 is 27.7 Å². The molecule has 0 N–H and O–H groups in total. The highest BCUT2D eigenvalue weighted by molar-refractivity contribution is 9.10. The van der Waals surface area contributed by atoms with Gasteiger partial charge < -0.3 is 4.74 Å². The van der Waals surface area contributed by atoms with Crippen molar-refractivity contribution in [2.24, 2.45) is 5.92 Å². The highest BCUT2D eigenvalue weighted by Gasteiger charge is 2.25. The van der Waals surface area contributed by atoms with E-state index in [4.69, 9.17) is 4.74 Å². The fourth-order valence-corrected chi connectivity index (χ4v) is 4.57. The number of rotatable bonds is 5. The van der Waals surface area contributed by atoms with E-state index in [-0.39, 0.29) is 17.3 Å². The third-order valence-electron chi connectivity index (χ3n) is 4.57. The smallest absolute Gasteiger partial charge is 0.201 e. The summed E-state index contributed by atoms with van der Waals surface area (Å²) in [6, 6.07) is 5.77. The van der Waals surface area contributed by atoms with E-state index in [9.17, 15) is 9.59 Å². The average molecular weight is 409 g/mol. The first kappa shape index (κ1) is 17.7. The van der Waals surface area contributed by atoms with Gasteiger partial charge in [-0.15, -0.1) is 0 Å². The zero-order valence-electron chi connectivity index (χ0n) is 13.6. The number of thioether (sulfide) groups is 1. The van der Waals surface area contributed by atoms with Crippen LogP contribution < -0.4 is 4.74 Å². The van der Waals surface area contributed by atoms with Gasteiger partial charge in [0.15, 0.2) is 5.78 Å². The number of Topliss-reactive ketones (excluding diaryl/α,β-unsaturated/α-hetero) is 1. The minimum absolute atomic E-state index is 0.0139. The number of ketones is 1. The maximum atomic E-state index is 11.7. The monoisotopic (exact) mass is 408 g/mol. The Morgan fingerprint density at radius 2 is 2.00 bits per heavy atom. The van der Waals surface area contributed by atoms with Crippen molar-refractivity contribution in [3.63, 3.8) is 0 Å². The van der Waals surface area contributed by atoms with E-state index in [1.807, 2.05) is 18.2 Å². The van der Waals surface area contributed by atoms with Gasteiger partial charge in [-0.1, -0.05) is 38.2 Å². The molecule has 24 heavy (non-hydrogen) atoms. The van der Waals surface area contributed by atoms with Crippen molar-refractivity contribution in [1.82, 2.24) is 0 Å². The van der Waals surface area contributed by atoms with E-state index in [1.165, 1.54) is 32.1 Å². The molecule has 1 aromatic carbocycles. The third-order valence-corrected chi connectivity index (χ3v) is 6.12. The van der Waals surface area contributed by atoms with Gasteiger partial charge in [0.1, 0.15) is 5.75 Å². The molecule has 0 spiro atoms. The Morgan fingerprint density at radius 1 is 1.21 bits per heavy atom. The first-order valence-corrected chi connectivity index (χ1v) is 10.1. The van der Waals surface area contributed by atoms with Gasteiger partial charge in [-0.05, 0) is 63.8 Å². The molecule has 2 fully saturated rings. The molecule has 0 bridgehead atoms. The summed E-state index contributed by atoms with van der Waals surface area (Å²) in [5, 5.41) is -0.0759. The van der Waals surface area contributed by atoms with Crippen LogP contribution in [0.1, 0.15) is 50.5 Å². The van der Waals surface area contributed by atoms with E-state index in [1.54, 1.807) is 6.08 Å². The summed E-state index contributed by atoms with van der Waals surface area (Å²) < 4.78 is 6.79. The summed E-state index contributed by atoms with van der Waals surface area (Å²) in [7, 11) is 0. The third kappa shape index (κ3) is 4.73. The molecule has 128 valence electrons. The topological polar surface area (TPSA) is 43.4 Å². The molecule has 1 saturated heterocycles. The molecule has 0 amide bonds. The summed E-state index contributed by atoms with van der Waals surface area (Å²) in [5.41, 5.74) is 0.895. The van der Waals surface area contributed by atoms with Gasteiger partial charge in [-0.2, -0.15) is 0 Å². The first-order chi connectivity index (χ1) is 11.6. The van der Waals surface area contributed by atoms with Gasteiger partial charge >= 0.3 is 0 Å². The first-order valence-electron chi connectivity index (χ1n) is 8.50. The molecule has 5 heteroatoms. The van der Waals surface area contributed by atoms with E-state index in [2.05, 4.69) is 15.9 Å². The average Bonchev–Trinajstić information content (AvgIpc) is 2.88. The van der Waals surface area contributed by atoms with Gasteiger partial charge in [-0.25, -0.2) is 0 Å². The van der Waals surface area contributed by atoms with Crippen LogP contribution in [0.2, 0.25) is 0 Å². The van der Waals surface area contributed by atoms with Crippen molar-refractivity contribution in [1.29, 1.82) is 0 Å². The molecule has 3 rings (SSSR count). The van der Waals surface area contributed by atoms with E-state index in [0.29, 0.717) is 4.91 Å². The van der Waals surface area contributed by atoms with E-state index >= 15 is 0 Å². The number of allylic oxidation sites excluding steroid dienone is 1. The number of hydrogen-bond acceptors (Lipinski definition) is 4. The second-order valence-electron chi connectivity index (χ2n) is 6.41. The maximum Gasteiger partial charge on any atom is 0.201 e. The predicted molar refractivity (Wildman–Crippen MR) is 101 cm³/mol. The van der Waals surface area contributed by atoms with Crippen molar-refractivity contribution in [3.05, 3.63) is 33.1 Å². The fraction of sp³-hybridized carbons (Fsp3) is 0.474. The normalized spacial score (nSPS) is 20.8. The summed E-state index contributed by atoms with van der Waals surface area (Å²) in [5.74, 6) is 1.55. The molecule has 1 saturated carbocycles. The molecule has 1 aliphatic carbocycles. The highest BCUT2D eigenvalue weighted by Crippen LogP contribution is 2.33. The largest absolute Gasteiger partial charge is 0.492 e. The summed E-state index contributed by atoms with van der Waals surface area (Å²) in [6.45, 7) is 0.743. The molecule has 3 nitrogen and oxygen atoms in total. The standard InChI is InChI=1S/C19H21BrO3S/c20-15-10-14(11-18-16(21)12-19(22)24-18)6-7-17(15)23-9-8-13-4-2-1-3-5-13/h6-7,10-11,13H,1-5,8-9,12H2/b18-11-. The molecule has 1 heterocycles. The van der Waals surface area contributed by atoms with Crippen LogP contribution in [-0.2, 0) is 9.59 Å². The molecular formula is C19H21BrO3S. The zero-order chi connectivity index (χ0) is 16.9. The Kier molecular flexibility index (Phi) is 6.17. The van der Waals surface area contributed by atoms with E-state index < -0.39 is 0 Å². The molecule has 2 aliphatic rings. The van der Waals surface area contributed by atoms with Crippen molar-refractivity contribution < 1.29 is 14.3 Å². The van der Waals surface area contributed by atoms with Crippen LogP contribution in [0.5, 0.6) is 5.75 Å². The minimum atomic E-state index is -0.0890. The zero-order valence-corrected chi connectivity index (χ0v) is 16.0. The highest BCUT2D eigenvalue weighted by atomic mass is 79.9. The maximum absolute atomic E-state index is 11.7. The van der Waals surface area contributed by atoms with Gasteiger partial charge in [-0.3, -0.25) is 9.59 Å². The fourth-order valence-electron chi connectivity index (χ4n) is 3.23. The van der Waals surface area contributed by atoms with Crippen molar-refractivity contribution >= 4 is 44.7 Å². The van der Waals surface area contributed by atoms with Crippen molar-refractivity contribution in [2.45, 2.75) is 44.9 Å². The summed E-state index contributed by atoms with van der Waals surface area (Å²) >= 11 is 4.57. The number of hydrogen-bond donors (Lipinski definition) is 0. The van der Waals surface area contributed by atoms with Crippen LogP contribution in [0.3, 0.4) is 0 Å². The number of halogens is 1. The number of benzene rings is 1. The summed E-state index contributed by atoms with van der Waals surface area (Å²) in [6.07, 6.45) is 9.67. The number of carbonyl (C=O) groups is 2. The van der Waals surface area contributed by atoms with Gasteiger partial charge in [0, 0.05) is 0 Å². The second kappa shape index (κ2) is 8.34. The molecular weight excluding hydrogens is 388 g/mol. The van der Waals surface area contributed by atoms with Gasteiger partial charge in [0.25, 0.3) is 0 Å². The number of carbonyl (C=O) groups excluding carboxylic acids is 2. The summed E-state index contributed by atoms with van der Waals surface area (Å²) in [4.78, 5) is 23.5. The molecule has 1 aromatic rings. The van der Waals surface area contributed by atoms with E-state index in [0.717, 1.165) is 46.5 Å². The minimum Gasteiger partial charge on any atom is -0.492 e. The Hall–Kier alpha value is -1.07. The van der Waals surface area contributed by atoms with Crippen molar-refractivity contribution in [2.75, 3.05) is 6.61 Å². The SMILES string of the molecule is O=C1CC(=O)/C(=C/c2ccc(OCCC3CCCCC3)c(Br)c2)S1. The molecule has 0 atom stereocenters.